The number of ketones is 2. The highest BCUT2D eigenvalue weighted by atomic mass is 16.5. The van der Waals surface area contributed by atoms with Gasteiger partial charge < -0.3 is 9.64 Å². The van der Waals surface area contributed by atoms with E-state index in [2.05, 4.69) is 0 Å². The van der Waals surface area contributed by atoms with Gasteiger partial charge >= 0.3 is 0 Å². The monoisotopic (exact) mass is 303 g/mol. The van der Waals surface area contributed by atoms with E-state index in [1.807, 2.05) is 36.2 Å². The third-order valence-electron chi connectivity index (χ3n) is 4.07. The largest absolute Gasteiger partial charge is 0.439 e. The summed E-state index contributed by atoms with van der Waals surface area (Å²) in [5.74, 6) is 0.864. The van der Waals surface area contributed by atoms with Crippen LogP contribution in [0.1, 0.15) is 20.7 Å². The van der Waals surface area contributed by atoms with Crippen molar-refractivity contribution in [3.63, 3.8) is 0 Å². The molecule has 2 aliphatic rings. The fraction of sp³-hybridized carbons (Fsp3) is 0.0526. The van der Waals surface area contributed by atoms with Crippen molar-refractivity contribution in [3.05, 3.63) is 83.3 Å². The molecular weight excluding hydrogens is 290 g/mol. The molecule has 0 amide bonds. The number of hydrogen-bond donors (Lipinski definition) is 0. The number of carbonyl (C=O) groups is 2. The Morgan fingerprint density at radius 3 is 2.13 bits per heavy atom. The zero-order chi connectivity index (χ0) is 16.0. The van der Waals surface area contributed by atoms with Gasteiger partial charge in [0, 0.05) is 18.2 Å². The van der Waals surface area contributed by atoms with Crippen molar-refractivity contribution in [3.8, 4) is 5.75 Å². The molecule has 0 saturated carbocycles. The quantitative estimate of drug-likeness (QED) is 0.598. The Kier molecular flexibility index (Phi) is 2.91. The number of fused-ring (bicyclic) bond motifs is 2. The molecule has 1 aliphatic carbocycles. The molecule has 0 bridgehead atoms. The summed E-state index contributed by atoms with van der Waals surface area (Å²) in [6.07, 6.45) is 3.21. The Morgan fingerprint density at radius 2 is 1.48 bits per heavy atom. The van der Waals surface area contributed by atoms with E-state index >= 15 is 0 Å². The fourth-order valence-corrected chi connectivity index (χ4v) is 2.84. The highest BCUT2D eigenvalue weighted by Gasteiger charge is 2.32. The van der Waals surface area contributed by atoms with E-state index in [1.165, 1.54) is 0 Å². The minimum Gasteiger partial charge on any atom is -0.439 e. The summed E-state index contributed by atoms with van der Waals surface area (Å²) in [5, 5.41) is 0. The first-order valence-corrected chi connectivity index (χ1v) is 7.28. The number of Topliss-reactive ketones (excluding diaryl/α,β-unsaturated/α-hetero) is 2. The Morgan fingerprint density at radius 1 is 0.870 bits per heavy atom. The van der Waals surface area contributed by atoms with Crippen LogP contribution in [0, 0.1) is 0 Å². The van der Waals surface area contributed by atoms with Gasteiger partial charge in [0.05, 0.1) is 11.3 Å². The molecule has 0 radical (unpaired) electrons. The maximum atomic E-state index is 12.3. The van der Waals surface area contributed by atoms with E-state index in [1.54, 1.807) is 36.4 Å². The Bertz CT molecular complexity index is 871. The maximum absolute atomic E-state index is 12.3. The minimum absolute atomic E-state index is 0.173. The van der Waals surface area contributed by atoms with Crippen molar-refractivity contribution in [2.45, 2.75) is 0 Å². The number of nitrogens with zero attached hydrogens (tertiary/aromatic N) is 1. The molecule has 112 valence electrons. The number of rotatable bonds is 1. The smallest absolute Gasteiger partial charge is 0.200 e. The first-order valence-electron chi connectivity index (χ1n) is 7.28. The van der Waals surface area contributed by atoms with Gasteiger partial charge in [-0.15, -0.1) is 0 Å². The summed E-state index contributed by atoms with van der Waals surface area (Å²) in [6, 6.07) is 14.5. The van der Waals surface area contributed by atoms with Gasteiger partial charge in [-0.3, -0.25) is 9.59 Å². The second kappa shape index (κ2) is 4.95. The maximum Gasteiger partial charge on any atom is 0.200 e. The second-order valence-corrected chi connectivity index (χ2v) is 5.42. The molecule has 0 unspecified atom stereocenters. The summed E-state index contributed by atoms with van der Waals surface area (Å²) in [7, 11) is 1.88. The van der Waals surface area contributed by atoms with Crippen LogP contribution >= 0.6 is 0 Å². The Balaban J connectivity index is 1.69. The molecule has 23 heavy (non-hydrogen) atoms. The molecule has 0 aromatic heterocycles. The lowest BCUT2D eigenvalue weighted by Gasteiger charge is -2.09. The lowest BCUT2D eigenvalue weighted by atomic mass is 10.1. The van der Waals surface area contributed by atoms with Gasteiger partial charge in [0.2, 0.25) is 0 Å². The van der Waals surface area contributed by atoms with Crippen LogP contribution in [0.2, 0.25) is 0 Å². The van der Waals surface area contributed by atoms with E-state index < -0.39 is 0 Å². The molecular formula is C19H13NO3. The second-order valence-electron chi connectivity index (χ2n) is 5.42. The average Bonchev–Trinajstić information content (AvgIpc) is 3.02. The van der Waals surface area contributed by atoms with Crippen molar-refractivity contribution in [1.29, 1.82) is 0 Å². The third kappa shape index (κ3) is 1.99. The van der Waals surface area contributed by atoms with Crippen LogP contribution in [-0.4, -0.2) is 18.6 Å². The van der Waals surface area contributed by atoms with Gasteiger partial charge in [-0.25, -0.2) is 0 Å². The van der Waals surface area contributed by atoms with Gasteiger partial charge in [0.15, 0.2) is 23.2 Å². The third-order valence-corrected chi connectivity index (χ3v) is 4.07. The van der Waals surface area contributed by atoms with Crippen LogP contribution in [0.4, 0.5) is 5.69 Å². The van der Waals surface area contributed by atoms with E-state index in [4.69, 9.17) is 4.74 Å². The lowest BCUT2D eigenvalue weighted by Crippen LogP contribution is -2.13. The van der Waals surface area contributed by atoms with Crippen LogP contribution in [0.5, 0.6) is 5.75 Å². The Hall–Kier alpha value is -3.14. The summed E-state index contributed by atoms with van der Waals surface area (Å²) < 4.78 is 5.75. The zero-order valence-electron chi connectivity index (χ0n) is 12.4. The van der Waals surface area contributed by atoms with Crippen molar-refractivity contribution < 1.29 is 14.3 Å². The lowest BCUT2D eigenvalue weighted by molar-refractivity contribution is 0.0989. The molecule has 0 saturated heterocycles. The van der Waals surface area contributed by atoms with Crippen molar-refractivity contribution in [2.24, 2.45) is 0 Å². The molecule has 1 heterocycles. The zero-order valence-corrected chi connectivity index (χ0v) is 12.4. The summed E-state index contributed by atoms with van der Waals surface area (Å²) in [5.41, 5.74) is 2.05. The van der Waals surface area contributed by atoms with Gasteiger partial charge in [0.25, 0.3) is 0 Å². The molecule has 0 spiro atoms. The molecule has 2 aromatic carbocycles. The first kappa shape index (κ1) is 13.5. The number of benzene rings is 2. The summed E-state index contributed by atoms with van der Waals surface area (Å²) in [6.45, 7) is 0. The molecule has 4 nitrogen and oxygen atoms in total. The van der Waals surface area contributed by atoms with Crippen LogP contribution in [0.25, 0.3) is 0 Å². The number of allylic oxidation sites excluding steroid dienone is 3. The van der Waals surface area contributed by atoms with Crippen molar-refractivity contribution in [2.75, 3.05) is 11.9 Å². The van der Waals surface area contributed by atoms with E-state index in [0.717, 1.165) is 11.4 Å². The van der Waals surface area contributed by atoms with Crippen LogP contribution in [0.3, 0.4) is 0 Å². The SMILES string of the molecule is CN1C(=CC=C2C(=O)c3ccccc3C2=O)Oc2ccccc21. The predicted octanol–water partition coefficient (Wildman–Crippen LogP) is 3.36. The first-order chi connectivity index (χ1) is 11.2. The van der Waals surface area contributed by atoms with Crippen molar-refractivity contribution >= 4 is 17.3 Å². The molecule has 2 aromatic rings. The summed E-state index contributed by atoms with van der Waals surface area (Å²) >= 11 is 0. The molecule has 4 rings (SSSR count). The Labute approximate surface area is 133 Å². The molecule has 4 heteroatoms. The standard InChI is InChI=1S/C19H13NO3/c1-20-15-8-4-5-9-16(15)23-17(20)11-10-14-18(21)12-6-2-3-7-13(12)19(14)22/h2-11H,1H3. The number of anilines is 1. The summed E-state index contributed by atoms with van der Waals surface area (Å²) in [4.78, 5) is 26.6. The van der Waals surface area contributed by atoms with Gasteiger partial charge in [-0.05, 0) is 24.3 Å². The number of carbonyl (C=O) groups excluding carboxylic acids is 2. The number of ether oxygens (including phenoxy) is 1. The predicted molar refractivity (Wildman–Crippen MR) is 86.7 cm³/mol. The molecule has 0 atom stereocenters. The highest BCUT2D eigenvalue weighted by Crippen LogP contribution is 2.37. The fourth-order valence-electron chi connectivity index (χ4n) is 2.84. The van der Waals surface area contributed by atoms with Gasteiger partial charge in [0.1, 0.15) is 0 Å². The van der Waals surface area contributed by atoms with E-state index in [-0.39, 0.29) is 17.1 Å². The van der Waals surface area contributed by atoms with Crippen LogP contribution in [-0.2, 0) is 0 Å². The van der Waals surface area contributed by atoms with Gasteiger partial charge in [-0.2, -0.15) is 0 Å². The minimum atomic E-state index is -0.236. The molecule has 0 N–H and O–H groups in total. The van der Waals surface area contributed by atoms with Crippen LogP contribution in [0.15, 0.2) is 72.1 Å². The molecule has 0 fully saturated rings. The van der Waals surface area contributed by atoms with E-state index in [9.17, 15) is 9.59 Å². The van der Waals surface area contributed by atoms with Crippen LogP contribution < -0.4 is 9.64 Å². The number of hydrogen-bond acceptors (Lipinski definition) is 4. The molecule has 1 aliphatic heterocycles. The normalized spacial score (nSPS) is 17.3. The van der Waals surface area contributed by atoms with Crippen molar-refractivity contribution in [1.82, 2.24) is 0 Å². The average molecular weight is 303 g/mol. The number of para-hydroxylation sites is 2. The van der Waals surface area contributed by atoms with Gasteiger partial charge in [-0.1, -0.05) is 36.4 Å². The highest BCUT2D eigenvalue weighted by molar-refractivity contribution is 6.39. The topological polar surface area (TPSA) is 46.6 Å². The van der Waals surface area contributed by atoms with E-state index in [0.29, 0.717) is 17.0 Å².